The molecule has 1 aromatic carbocycles. The van der Waals surface area contributed by atoms with E-state index in [0.717, 1.165) is 18.4 Å². The van der Waals surface area contributed by atoms with Gasteiger partial charge in [0.15, 0.2) is 6.61 Å². The fraction of sp³-hybridized carbons (Fsp3) is 0.429. The van der Waals surface area contributed by atoms with Crippen LogP contribution in [-0.2, 0) is 27.2 Å². The number of nitrogens with one attached hydrogen (secondary N) is 3. The van der Waals surface area contributed by atoms with Gasteiger partial charge in [-0.1, -0.05) is 6.07 Å². The number of aryl methyl sites for hydroxylation is 2. The van der Waals surface area contributed by atoms with E-state index in [-0.39, 0.29) is 25.6 Å². The Morgan fingerprint density at radius 1 is 1.05 bits per heavy atom. The van der Waals surface area contributed by atoms with Crippen LogP contribution < -0.4 is 31.0 Å². The van der Waals surface area contributed by atoms with E-state index in [2.05, 4.69) is 16.0 Å². The van der Waals surface area contributed by atoms with E-state index >= 15 is 0 Å². The molecule has 0 saturated carbocycles. The maximum Gasteiger partial charge on any atom is 0.339 e. The summed E-state index contributed by atoms with van der Waals surface area (Å²) < 4.78 is 17.6. The lowest BCUT2D eigenvalue weighted by Gasteiger charge is -2.33. The van der Waals surface area contributed by atoms with Gasteiger partial charge in [-0.3, -0.25) is 14.4 Å². The molecule has 4 rings (SSSR count). The van der Waals surface area contributed by atoms with Gasteiger partial charge in [0.1, 0.15) is 22.7 Å². The van der Waals surface area contributed by atoms with E-state index in [1.165, 1.54) is 4.88 Å². The highest BCUT2D eigenvalue weighted by Crippen LogP contribution is 2.43. The number of hydrogen-bond donors (Lipinski definition) is 3. The van der Waals surface area contributed by atoms with Crippen LogP contribution in [0.5, 0.6) is 11.5 Å². The second kappa shape index (κ2) is 11.9. The number of hydrogen-bond acceptors (Lipinski definition) is 8. The van der Waals surface area contributed by atoms with Crippen molar-refractivity contribution >= 4 is 40.0 Å². The molecule has 0 aliphatic carbocycles. The highest BCUT2D eigenvalue weighted by Gasteiger charge is 2.31. The van der Waals surface area contributed by atoms with E-state index in [0.29, 0.717) is 46.6 Å². The van der Waals surface area contributed by atoms with Crippen molar-refractivity contribution < 1.29 is 28.3 Å². The highest BCUT2D eigenvalue weighted by molar-refractivity contribution is 7.09. The van der Waals surface area contributed by atoms with Crippen molar-refractivity contribution in [1.29, 1.82) is 0 Å². The Labute approximate surface area is 230 Å². The number of fused-ring (bicyclic) bond motifs is 3. The largest absolute Gasteiger partial charge is 0.487 e. The molecule has 11 heteroatoms. The van der Waals surface area contributed by atoms with Crippen LogP contribution in [0, 0.1) is 13.8 Å². The van der Waals surface area contributed by atoms with Crippen LogP contribution in [0.25, 0.3) is 11.0 Å². The van der Waals surface area contributed by atoms with E-state index in [4.69, 9.17) is 13.9 Å². The smallest absolute Gasteiger partial charge is 0.339 e. The lowest BCUT2D eigenvalue weighted by atomic mass is 9.92. The topological polar surface area (TPSA) is 136 Å². The summed E-state index contributed by atoms with van der Waals surface area (Å²) >= 11 is 1.62. The van der Waals surface area contributed by atoms with Crippen LogP contribution in [0.3, 0.4) is 0 Å². The zero-order valence-electron chi connectivity index (χ0n) is 22.5. The van der Waals surface area contributed by atoms with Crippen LogP contribution in [0.4, 0.5) is 0 Å². The number of carbonyl (C=O) groups is 3. The van der Waals surface area contributed by atoms with Crippen LogP contribution >= 0.6 is 11.3 Å². The SMILES string of the molecule is Cc1c(C)c2c(OCC(=O)NCC(=O)NCC(=O)NCCc3cccs3)cc3c(c2oc1=O)CCC(C)(C)O3. The first-order chi connectivity index (χ1) is 18.5. The predicted octanol–water partition coefficient (Wildman–Crippen LogP) is 2.55. The van der Waals surface area contributed by atoms with E-state index in [1.807, 2.05) is 38.3 Å². The average Bonchev–Trinajstić information content (AvgIpc) is 3.40. The number of benzene rings is 1. The van der Waals surface area contributed by atoms with E-state index in [1.54, 1.807) is 24.3 Å². The Hall–Kier alpha value is -3.86. The quantitative estimate of drug-likeness (QED) is 0.327. The average molecular weight is 556 g/mol. The molecule has 0 spiro atoms. The Morgan fingerprint density at radius 3 is 2.49 bits per heavy atom. The Bertz CT molecular complexity index is 1440. The summed E-state index contributed by atoms with van der Waals surface area (Å²) in [6, 6.07) is 5.67. The molecule has 3 amide bonds. The first-order valence-corrected chi connectivity index (χ1v) is 13.7. The molecule has 0 atom stereocenters. The molecule has 0 unspecified atom stereocenters. The molecule has 0 saturated heterocycles. The molecule has 3 aromatic rings. The zero-order chi connectivity index (χ0) is 28.2. The molecule has 2 aromatic heterocycles. The van der Waals surface area contributed by atoms with Gasteiger partial charge >= 0.3 is 5.63 Å². The van der Waals surface area contributed by atoms with E-state index in [9.17, 15) is 19.2 Å². The molecule has 1 aliphatic rings. The van der Waals surface area contributed by atoms with Gasteiger partial charge in [-0.15, -0.1) is 11.3 Å². The Balaban J connectivity index is 1.32. The molecule has 1 aliphatic heterocycles. The number of ether oxygens (including phenoxy) is 2. The number of rotatable bonds is 10. The molecule has 39 heavy (non-hydrogen) atoms. The number of thiophene rings is 1. The summed E-state index contributed by atoms with van der Waals surface area (Å²) in [6.45, 7) is 7.06. The summed E-state index contributed by atoms with van der Waals surface area (Å²) in [4.78, 5) is 50.0. The predicted molar refractivity (Wildman–Crippen MR) is 148 cm³/mol. The first-order valence-electron chi connectivity index (χ1n) is 12.8. The summed E-state index contributed by atoms with van der Waals surface area (Å²) in [6.07, 6.45) is 2.15. The van der Waals surface area contributed by atoms with Gasteiger partial charge in [-0.05, 0) is 64.0 Å². The zero-order valence-corrected chi connectivity index (χ0v) is 23.3. The summed E-state index contributed by atoms with van der Waals surface area (Å²) in [5.41, 5.74) is 1.54. The Morgan fingerprint density at radius 2 is 1.77 bits per heavy atom. The summed E-state index contributed by atoms with van der Waals surface area (Å²) in [7, 11) is 0. The van der Waals surface area contributed by atoms with Crippen molar-refractivity contribution in [3.8, 4) is 11.5 Å². The van der Waals surface area contributed by atoms with Gasteiger partial charge in [-0.25, -0.2) is 4.79 Å². The maximum atomic E-state index is 12.4. The van der Waals surface area contributed by atoms with Crippen LogP contribution in [0.2, 0.25) is 0 Å². The van der Waals surface area contributed by atoms with E-state index < -0.39 is 23.0 Å². The first kappa shape index (κ1) is 28.2. The monoisotopic (exact) mass is 555 g/mol. The van der Waals surface area contributed by atoms with Crippen LogP contribution in [0.1, 0.15) is 41.8 Å². The number of amides is 3. The fourth-order valence-corrected chi connectivity index (χ4v) is 5.01. The third kappa shape index (κ3) is 6.97. The molecule has 10 nitrogen and oxygen atoms in total. The van der Waals surface area contributed by atoms with Gasteiger partial charge in [0.2, 0.25) is 11.8 Å². The molecule has 0 radical (unpaired) electrons. The summed E-state index contributed by atoms with van der Waals surface area (Å²) in [5.74, 6) is -0.431. The van der Waals surface area contributed by atoms with Gasteiger partial charge in [0, 0.05) is 28.6 Å². The second-order valence-corrected chi connectivity index (χ2v) is 11.1. The normalized spacial score (nSPS) is 13.7. The lowest BCUT2D eigenvalue weighted by molar-refractivity contribution is -0.128. The number of carbonyl (C=O) groups excluding carboxylic acids is 3. The fourth-order valence-electron chi connectivity index (χ4n) is 4.30. The third-order valence-corrected chi connectivity index (χ3v) is 7.57. The lowest BCUT2D eigenvalue weighted by Crippen LogP contribution is -2.43. The molecular formula is C28H33N3O7S. The molecule has 0 fully saturated rings. The van der Waals surface area contributed by atoms with Crippen molar-refractivity contribution in [2.45, 2.75) is 52.6 Å². The molecule has 0 bridgehead atoms. The van der Waals surface area contributed by atoms with Crippen molar-refractivity contribution in [3.63, 3.8) is 0 Å². The van der Waals surface area contributed by atoms with Gasteiger partial charge < -0.3 is 29.8 Å². The summed E-state index contributed by atoms with van der Waals surface area (Å²) in [5, 5.41) is 10.3. The molecular weight excluding hydrogens is 522 g/mol. The van der Waals surface area contributed by atoms with Crippen molar-refractivity contribution in [2.24, 2.45) is 0 Å². The minimum Gasteiger partial charge on any atom is -0.487 e. The van der Waals surface area contributed by atoms with Gasteiger partial charge in [0.25, 0.3) is 5.91 Å². The van der Waals surface area contributed by atoms with Crippen LogP contribution in [-0.4, -0.2) is 49.6 Å². The highest BCUT2D eigenvalue weighted by atomic mass is 32.1. The van der Waals surface area contributed by atoms with Crippen molar-refractivity contribution in [1.82, 2.24) is 16.0 Å². The minimum atomic E-state index is -0.524. The van der Waals surface area contributed by atoms with Crippen molar-refractivity contribution in [2.75, 3.05) is 26.2 Å². The second-order valence-electron chi connectivity index (χ2n) is 10.1. The van der Waals surface area contributed by atoms with Gasteiger partial charge in [0.05, 0.1) is 18.5 Å². The maximum absolute atomic E-state index is 12.4. The molecule has 3 heterocycles. The third-order valence-electron chi connectivity index (χ3n) is 6.63. The minimum absolute atomic E-state index is 0.184. The Kier molecular flexibility index (Phi) is 8.59. The standard InChI is InChI=1S/C28H33N3O7S/c1-16-17(2)27(35)37-26-19-7-9-28(3,4)38-20(19)12-21(25(16)26)36-15-24(34)31-14-23(33)30-13-22(32)29-10-8-18-6-5-11-39-18/h5-6,11-12H,7-10,13-15H2,1-4H3,(H,29,32)(H,30,33)(H,31,34). The van der Waals surface area contributed by atoms with Crippen LogP contribution in [0.15, 0.2) is 32.8 Å². The molecule has 208 valence electrons. The van der Waals surface area contributed by atoms with Crippen molar-refractivity contribution in [3.05, 3.63) is 55.6 Å². The molecule has 3 N–H and O–H groups in total. The van der Waals surface area contributed by atoms with Gasteiger partial charge in [-0.2, -0.15) is 0 Å².